The second kappa shape index (κ2) is 10.3. The molecule has 1 aliphatic rings. The van der Waals surface area contributed by atoms with Gasteiger partial charge in [0, 0.05) is 61.8 Å². The van der Waals surface area contributed by atoms with Crippen molar-refractivity contribution in [3.63, 3.8) is 0 Å². The second-order valence-electron chi connectivity index (χ2n) is 6.12. The van der Waals surface area contributed by atoms with Crippen molar-refractivity contribution in [2.75, 3.05) is 7.11 Å². The third-order valence-corrected chi connectivity index (χ3v) is 5.18. The zero-order valence-electron chi connectivity index (χ0n) is 15.0. The maximum atomic E-state index is 12.7. The third kappa shape index (κ3) is 5.10. The van der Waals surface area contributed by atoms with Crippen LogP contribution in [0, 0.1) is 43.7 Å². The van der Waals surface area contributed by atoms with E-state index in [1.165, 1.54) is 6.20 Å². The number of Topliss-reactive ketones (excluding diaryl/α,β-unsaturated/α-hetero) is 1. The summed E-state index contributed by atoms with van der Waals surface area (Å²) in [5, 5.41) is 0. The van der Waals surface area contributed by atoms with Crippen LogP contribution in [0.15, 0.2) is 66.9 Å². The average molecular weight is 424 g/mol. The standard InChI is InChI=1S/C20H19NO5S.Ar/c1-26-16-9-7-14(8-10-16)17-11-12-21(27(24)25)20(23)18(17)13-19(22)15-5-3-2-4-6-15;/h2-12,17-18H,13H2,1H3,(H,24,25);/p-1/t17-,18+;/m1./s1. The summed E-state index contributed by atoms with van der Waals surface area (Å²) in [4.78, 5) is 25.4. The SMILES string of the molecule is COc1ccc([C@H]2C=CN(S(=O)[O-])C(=O)[C@H]2CC(=O)c2ccccc2)cc1.[Ar]. The van der Waals surface area contributed by atoms with E-state index in [0.717, 1.165) is 5.56 Å². The Labute approximate surface area is 196 Å². The van der Waals surface area contributed by atoms with Crippen LogP contribution in [0.4, 0.5) is 0 Å². The first-order chi connectivity index (χ1) is 13.0. The van der Waals surface area contributed by atoms with Crippen molar-refractivity contribution in [1.82, 2.24) is 4.31 Å². The van der Waals surface area contributed by atoms with Crippen molar-refractivity contribution in [1.29, 1.82) is 0 Å². The maximum Gasteiger partial charge on any atom is 0.242 e. The van der Waals surface area contributed by atoms with Crippen LogP contribution < -0.4 is 4.74 Å². The first kappa shape index (κ1) is 22.8. The molecule has 1 unspecified atom stereocenters. The summed E-state index contributed by atoms with van der Waals surface area (Å²) in [6.07, 6.45) is 2.80. The number of methoxy groups -OCH3 is 1. The molecule has 3 atom stereocenters. The Balaban J connectivity index is 0.00000280. The van der Waals surface area contributed by atoms with E-state index in [9.17, 15) is 18.4 Å². The number of ketones is 1. The van der Waals surface area contributed by atoms with Gasteiger partial charge in [-0.25, -0.2) is 4.31 Å². The normalized spacial score (nSPS) is 19.6. The zero-order valence-corrected chi connectivity index (χ0v) is 16.5. The Morgan fingerprint density at radius 1 is 1.14 bits per heavy atom. The smallest absolute Gasteiger partial charge is 0.242 e. The van der Waals surface area contributed by atoms with Crippen LogP contribution in [0.3, 0.4) is 0 Å². The molecule has 0 aromatic heterocycles. The van der Waals surface area contributed by atoms with Crippen molar-refractivity contribution in [3.8, 4) is 5.75 Å². The van der Waals surface area contributed by atoms with Crippen molar-refractivity contribution >= 4 is 23.0 Å². The zero-order chi connectivity index (χ0) is 19.4. The topological polar surface area (TPSA) is 86.7 Å². The van der Waals surface area contributed by atoms with Crippen molar-refractivity contribution in [3.05, 3.63) is 78.0 Å². The second-order valence-corrected chi connectivity index (χ2v) is 6.95. The summed E-state index contributed by atoms with van der Waals surface area (Å²) in [6, 6.07) is 15.8. The molecule has 8 heteroatoms. The molecule has 1 heterocycles. The first-order valence-corrected chi connectivity index (χ1v) is 9.37. The molecule has 3 rings (SSSR count). The molecule has 2 aromatic carbocycles. The van der Waals surface area contributed by atoms with E-state index in [4.69, 9.17) is 4.74 Å². The molecule has 1 amide bonds. The molecule has 1 aliphatic heterocycles. The predicted octanol–water partition coefficient (Wildman–Crippen LogP) is 2.82. The van der Waals surface area contributed by atoms with Crippen molar-refractivity contribution in [2.24, 2.45) is 5.92 Å². The Morgan fingerprint density at radius 3 is 2.36 bits per heavy atom. The summed E-state index contributed by atoms with van der Waals surface area (Å²) in [6.45, 7) is 0. The molecule has 148 valence electrons. The largest absolute Gasteiger partial charge is 0.755 e. The number of allylic oxidation sites excluding steroid dienone is 1. The van der Waals surface area contributed by atoms with Gasteiger partial charge < -0.3 is 9.29 Å². The molecule has 2 aromatic rings. The van der Waals surface area contributed by atoms with E-state index in [1.54, 1.807) is 55.7 Å². The van der Waals surface area contributed by atoms with Gasteiger partial charge >= 0.3 is 0 Å². The minimum atomic E-state index is -2.72. The summed E-state index contributed by atoms with van der Waals surface area (Å²) in [5.74, 6) is -1.37. The van der Waals surface area contributed by atoms with Crippen molar-refractivity contribution < 1.29 is 60.8 Å². The summed E-state index contributed by atoms with van der Waals surface area (Å²) in [5.41, 5.74) is 1.30. The fourth-order valence-electron chi connectivity index (χ4n) is 3.14. The van der Waals surface area contributed by atoms with Gasteiger partial charge in [0.1, 0.15) is 5.75 Å². The minimum Gasteiger partial charge on any atom is -0.755 e. The Kier molecular flexibility index (Phi) is 8.39. The van der Waals surface area contributed by atoms with Crippen LogP contribution in [0.2, 0.25) is 0 Å². The van der Waals surface area contributed by atoms with Crippen molar-refractivity contribution in [2.45, 2.75) is 12.3 Å². The van der Waals surface area contributed by atoms with E-state index < -0.39 is 29.0 Å². The average Bonchev–Trinajstić information content (AvgIpc) is 2.70. The van der Waals surface area contributed by atoms with Crippen LogP contribution in [-0.4, -0.2) is 31.9 Å². The van der Waals surface area contributed by atoms with Crippen LogP contribution in [0.25, 0.3) is 0 Å². The van der Waals surface area contributed by atoms with Gasteiger partial charge in [0.15, 0.2) is 5.78 Å². The van der Waals surface area contributed by atoms with E-state index in [0.29, 0.717) is 15.6 Å². The van der Waals surface area contributed by atoms with Gasteiger partial charge in [-0.3, -0.25) is 13.8 Å². The number of hydrogen-bond acceptors (Lipinski definition) is 5. The van der Waals surface area contributed by atoms with Gasteiger partial charge in [-0.1, -0.05) is 48.5 Å². The van der Waals surface area contributed by atoms with Gasteiger partial charge in [0.05, 0.1) is 24.3 Å². The van der Waals surface area contributed by atoms with Gasteiger partial charge in [-0.15, -0.1) is 0 Å². The van der Waals surface area contributed by atoms with E-state index in [-0.39, 0.29) is 49.9 Å². The number of ether oxygens (including phenoxy) is 1. The molecule has 6 nitrogen and oxygen atoms in total. The fraction of sp³-hybridized carbons (Fsp3) is 0.200. The molecule has 0 spiro atoms. The number of carbonyl (C=O) groups is 2. The number of benzene rings is 2. The minimum absolute atomic E-state index is 0. The Hall–Kier alpha value is -1.51. The monoisotopic (exact) mass is 424 g/mol. The van der Waals surface area contributed by atoms with E-state index >= 15 is 0 Å². The summed E-state index contributed by atoms with van der Waals surface area (Å²) >= 11 is -2.72. The molecule has 0 saturated heterocycles. The maximum absolute atomic E-state index is 12.7. The molecule has 0 fully saturated rings. The number of nitrogens with zero attached hydrogens (tertiary/aromatic N) is 1. The van der Waals surface area contributed by atoms with Gasteiger partial charge in [-0.05, 0) is 17.7 Å². The van der Waals surface area contributed by atoms with Gasteiger partial charge in [-0.2, -0.15) is 0 Å². The Bertz CT molecular complexity index is 885. The molecule has 0 radical (unpaired) electrons. The summed E-state index contributed by atoms with van der Waals surface area (Å²) < 4.78 is 28.5. The molecule has 0 aliphatic carbocycles. The number of amides is 1. The molecule has 0 N–H and O–H groups in total. The Morgan fingerprint density at radius 2 is 1.79 bits per heavy atom. The predicted molar refractivity (Wildman–Crippen MR) is 99.5 cm³/mol. The van der Waals surface area contributed by atoms with E-state index in [1.807, 2.05) is 12.1 Å². The van der Waals surface area contributed by atoms with Crippen LogP contribution in [0.1, 0.15) is 28.3 Å². The first-order valence-electron chi connectivity index (χ1n) is 8.34. The molecule has 28 heavy (non-hydrogen) atoms. The number of carbonyl (C=O) groups excluding carboxylic acids is 2. The quantitative estimate of drug-likeness (QED) is 0.526. The van der Waals surface area contributed by atoms with Crippen LogP contribution >= 0.6 is 0 Å². The molecular formula is C20H18ArNO5S-. The third-order valence-electron chi connectivity index (χ3n) is 4.56. The van der Waals surface area contributed by atoms with Crippen LogP contribution in [-0.2, 0) is 16.1 Å². The van der Waals surface area contributed by atoms with E-state index in [2.05, 4.69) is 0 Å². The van der Waals surface area contributed by atoms with Crippen LogP contribution in [0.5, 0.6) is 5.75 Å². The van der Waals surface area contributed by atoms with Gasteiger partial charge in [0.25, 0.3) is 0 Å². The number of rotatable bonds is 6. The molecule has 0 saturated carbocycles. The van der Waals surface area contributed by atoms with Gasteiger partial charge in [0.2, 0.25) is 5.91 Å². The molecular weight excluding hydrogens is 406 g/mol. The molecule has 0 bridgehead atoms. The fourth-order valence-corrected chi connectivity index (χ4v) is 3.60. The summed E-state index contributed by atoms with van der Waals surface area (Å²) in [7, 11) is 1.56. The number of hydrogen-bond donors (Lipinski definition) is 0.